The molecule has 3 N–H and O–H groups in total. The second-order valence-corrected chi connectivity index (χ2v) is 5.94. The normalized spacial score (nSPS) is 23.0. The second kappa shape index (κ2) is 5.76. The Labute approximate surface area is 126 Å². The first-order valence-corrected chi connectivity index (χ1v) is 7.72. The van der Waals surface area contributed by atoms with Crippen molar-refractivity contribution in [2.75, 3.05) is 0 Å². The standard InChI is InChI=1S/C18H23N3/c1-12-8-6-7-11-15(12)16-13(2)20-18(21-17(16)19)14-9-4-3-5-10-14/h3-5,9-10,18,20H,6-8,11H2,1-2H3,(H2,19,21). The Bertz CT molecular complexity index is 623. The number of aliphatic imine (C=N–C) groups is 1. The van der Waals surface area contributed by atoms with Crippen molar-refractivity contribution in [3.05, 3.63) is 58.3 Å². The van der Waals surface area contributed by atoms with E-state index in [-0.39, 0.29) is 6.17 Å². The van der Waals surface area contributed by atoms with Crippen LogP contribution >= 0.6 is 0 Å². The minimum Gasteiger partial charge on any atom is -0.383 e. The van der Waals surface area contributed by atoms with Gasteiger partial charge in [-0.2, -0.15) is 0 Å². The van der Waals surface area contributed by atoms with Crippen molar-refractivity contribution in [2.45, 2.75) is 45.7 Å². The van der Waals surface area contributed by atoms with Crippen molar-refractivity contribution >= 4 is 5.84 Å². The molecule has 1 atom stereocenters. The van der Waals surface area contributed by atoms with Crippen molar-refractivity contribution < 1.29 is 0 Å². The predicted molar refractivity (Wildman–Crippen MR) is 87.8 cm³/mol. The summed E-state index contributed by atoms with van der Waals surface area (Å²) in [6.45, 7) is 4.34. The van der Waals surface area contributed by atoms with Crippen LogP contribution < -0.4 is 11.1 Å². The highest BCUT2D eigenvalue weighted by atomic mass is 15.1. The highest BCUT2D eigenvalue weighted by Crippen LogP contribution is 2.33. The summed E-state index contributed by atoms with van der Waals surface area (Å²) in [5, 5.41) is 3.51. The van der Waals surface area contributed by atoms with Crippen LogP contribution in [0.15, 0.2) is 57.7 Å². The molecule has 1 heterocycles. The zero-order valence-electron chi connectivity index (χ0n) is 12.8. The molecule has 0 fully saturated rings. The molecule has 1 aromatic carbocycles. The van der Waals surface area contributed by atoms with E-state index >= 15 is 0 Å². The average Bonchev–Trinajstić information content (AvgIpc) is 2.49. The average molecular weight is 281 g/mol. The van der Waals surface area contributed by atoms with Gasteiger partial charge in [-0.25, -0.2) is 4.99 Å². The molecule has 3 nitrogen and oxygen atoms in total. The first-order chi connectivity index (χ1) is 10.2. The lowest BCUT2D eigenvalue weighted by molar-refractivity contribution is 0.607. The van der Waals surface area contributed by atoms with Crippen LogP contribution in [0.2, 0.25) is 0 Å². The van der Waals surface area contributed by atoms with Gasteiger partial charge in [0, 0.05) is 11.3 Å². The van der Waals surface area contributed by atoms with Crippen LogP contribution in [0.4, 0.5) is 0 Å². The third kappa shape index (κ3) is 2.73. The van der Waals surface area contributed by atoms with E-state index in [9.17, 15) is 0 Å². The van der Waals surface area contributed by atoms with Crippen LogP contribution in [0, 0.1) is 0 Å². The van der Waals surface area contributed by atoms with Crippen molar-refractivity contribution in [3.8, 4) is 0 Å². The molecule has 0 amide bonds. The summed E-state index contributed by atoms with van der Waals surface area (Å²) in [5.74, 6) is 0.677. The summed E-state index contributed by atoms with van der Waals surface area (Å²) in [5.41, 5.74) is 12.6. The molecule has 1 unspecified atom stereocenters. The molecule has 0 saturated heterocycles. The van der Waals surface area contributed by atoms with Crippen molar-refractivity contribution in [1.29, 1.82) is 0 Å². The van der Waals surface area contributed by atoms with Crippen molar-refractivity contribution in [2.24, 2.45) is 10.7 Å². The molecule has 1 aliphatic carbocycles. The van der Waals surface area contributed by atoms with Crippen LogP contribution in [0.25, 0.3) is 0 Å². The van der Waals surface area contributed by atoms with Gasteiger partial charge in [0.15, 0.2) is 0 Å². The van der Waals surface area contributed by atoms with E-state index < -0.39 is 0 Å². The van der Waals surface area contributed by atoms with E-state index in [1.807, 2.05) is 18.2 Å². The topological polar surface area (TPSA) is 50.4 Å². The van der Waals surface area contributed by atoms with E-state index in [1.165, 1.54) is 30.4 Å². The fourth-order valence-corrected chi connectivity index (χ4v) is 3.27. The molecule has 1 aliphatic heterocycles. The van der Waals surface area contributed by atoms with Crippen LogP contribution in [0.1, 0.15) is 51.3 Å². The first kappa shape index (κ1) is 13.9. The molecule has 0 saturated carbocycles. The minimum atomic E-state index is -0.0700. The van der Waals surface area contributed by atoms with Gasteiger partial charge < -0.3 is 11.1 Å². The maximum absolute atomic E-state index is 6.31. The van der Waals surface area contributed by atoms with Gasteiger partial charge in [-0.1, -0.05) is 35.9 Å². The van der Waals surface area contributed by atoms with Crippen LogP contribution in [0.3, 0.4) is 0 Å². The van der Waals surface area contributed by atoms with E-state index in [2.05, 4.69) is 36.3 Å². The fraction of sp³-hybridized carbons (Fsp3) is 0.389. The molecular weight excluding hydrogens is 258 g/mol. The molecule has 0 radical (unpaired) electrons. The number of hydrogen-bond donors (Lipinski definition) is 2. The molecular formula is C18H23N3. The van der Waals surface area contributed by atoms with Gasteiger partial charge in [0.1, 0.15) is 12.0 Å². The van der Waals surface area contributed by atoms with Crippen molar-refractivity contribution in [1.82, 2.24) is 5.32 Å². The first-order valence-electron chi connectivity index (χ1n) is 7.72. The molecule has 21 heavy (non-hydrogen) atoms. The molecule has 110 valence electrons. The Morgan fingerprint density at radius 1 is 1.10 bits per heavy atom. The Kier molecular flexibility index (Phi) is 3.82. The predicted octanol–water partition coefficient (Wildman–Crippen LogP) is 3.81. The monoisotopic (exact) mass is 281 g/mol. The summed E-state index contributed by atoms with van der Waals surface area (Å²) in [7, 11) is 0. The Hall–Kier alpha value is -2.03. The molecule has 1 aromatic rings. The highest BCUT2D eigenvalue weighted by molar-refractivity contribution is 6.02. The molecule has 0 bridgehead atoms. The van der Waals surface area contributed by atoms with Gasteiger partial charge in [-0.15, -0.1) is 0 Å². The Morgan fingerprint density at radius 2 is 1.81 bits per heavy atom. The fourth-order valence-electron chi connectivity index (χ4n) is 3.27. The second-order valence-electron chi connectivity index (χ2n) is 5.94. The van der Waals surface area contributed by atoms with Crippen molar-refractivity contribution in [3.63, 3.8) is 0 Å². The lowest BCUT2D eigenvalue weighted by Gasteiger charge is -2.29. The molecule has 0 aromatic heterocycles. The molecule has 0 spiro atoms. The van der Waals surface area contributed by atoms with E-state index in [0.29, 0.717) is 5.84 Å². The number of nitrogens with zero attached hydrogens (tertiary/aromatic N) is 1. The van der Waals surface area contributed by atoms with Gasteiger partial charge in [0.05, 0.1) is 0 Å². The number of nitrogens with two attached hydrogens (primary N) is 1. The summed E-state index contributed by atoms with van der Waals surface area (Å²) < 4.78 is 0. The van der Waals surface area contributed by atoms with Gasteiger partial charge in [-0.3, -0.25) is 0 Å². The van der Waals surface area contributed by atoms with Gasteiger partial charge in [0.2, 0.25) is 0 Å². The number of rotatable bonds is 2. The largest absolute Gasteiger partial charge is 0.383 e. The van der Waals surface area contributed by atoms with Crippen LogP contribution in [0.5, 0.6) is 0 Å². The molecule has 2 aliphatic rings. The highest BCUT2D eigenvalue weighted by Gasteiger charge is 2.24. The molecule has 3 heteroatoms. The summed E-state index contributed by atoms with van der Waals surface area (Å²) >= 11 is 0. The van der Waals surface area contributed by atoms with Gasteiger partial charge in [0.25, 0.3) is 0 Å². The summed E-state index contributed by atoms with van der Waals surface area (Å²) in [6, 6.07) is 10.2. The van der Waals surface area contributed by atoms with Gasteiger partial charge in [-0.05, 0) is 50.7 Å². The number of hydrogen-bond acceptors (Lipinski definition) is 3. The lowest BCUT2D eigenvalue weighted by atomic mass is 9.86. The SMILES string of the molecule is CC1=C(C2=C(C)NC(c3ccccc3)N=C2N)CCCC1. The van der Waals surface area contributed by atoms with E-state index in [0.717, 1.165) is 23.3 Å². The lowest BCUT2D eigenvalue weighted by Crippen LogP contribution is -2.32. The number of amidine groups is 1. The zero-order chi connectivity index (χ0) is 14.8. The van der Waals surface area contributed by atoms with Crippen LogP contribution in [-0.4, -0.2) is 5.84 Å². The van der Waals surface area contributed by atoms with Gasteiger partial charge >= 0.3 is 0 Å². The number of benzene rings is 1. The third-order valence-corrected chi connectivity index (χ3v) is 4.41. The summed E-state index contributed by atoms with van der Waals surface area (Å²) in [6.07, 6.45) is 4.77. The van der Waals surface area contributed by atoms with Crippen LogP contribution in [-0.2, 0) is 0 Å². The van der Waals surface area contributed by atoms with E-state index in [1.54, 1.807) is 0 Å². The zero-order valence-corrected chi connectivity index (χ0v) is 12.8. The molecule has 3 rings (SSSR count). The number of allylic oxidation sites excluding steroid dienone is 2. The summed E-state index contributed by atoms with van der Waals surface area (Å²) in [4.78, 5) is 4.69. The Balaban J connectivity index is 1.94. The smallest absolute Gasteiger partial charge is 0.146 e. The maximum atomic E-state index is 6.31. The quantitative estimate of drug-likeness (QED) is 0.866. The Morgan fingerprint density at radius 3 is 2.48 bits per heavy atom. The maximum Gasteiger partial charge on any atom is 0.146 e. The third-order valence-electron chi connectivity index (χ3n) is 4.41. The number of nitrogens with one attached hydrogen (secondary N) is 1. The minimum absolute atomic E-state index is 0.0700. The van der Waals surface area contributed by atoms with E-state index in [4.69, 9.17) is 5.73 Å².